The van der Waals surface area contributed by atoms with Gasteiger partial charge in [0.2, 0.25) is 0 Å². The Labute approximate surface area is 211 Å². The first kappa shape index (κ1) is 22.9. The number of carbonyl (C=O) groups is 2. The number of aromatic nitrogens is 1. The molecule has 3 heterocycles. The lowest BCUT2D eigenvalue weighted by Crippen LogP contribution is -2.60. The smallest absolute Gasteiger partial charge is 0.410 e. The Morgan fingerprint density at radius 2 is 1.58 bits per heavy atom. The maximum atomic E-state index is 13.4. The van der Waals surface area contributed by atoms with Gasteiger partial charge in [0.05, 0.1) is 25.3 Å². The predicted octanol–water partition coefficient (Wildman–Crippen LogP) is 5.31. The quantitative estimate of drug-likeness (QED) is 0.472. The van der Waals surface area contributed by atoms with Crippen LogP contribution >= 0.6 is 0 Å². The van der Waals surface area contributed by atoms with Crippen LogP contribution in [0.4, 0.5) is 4.79 Å². The Kier molecular flexibility index (Phi) is 5.84. The molecular weight excluding hydrogens is 452 g/mol. The molecule has 2 saturated heterocycles. The summed E-state index contributed by atoms with van der Waals surface area (Å²) < 4.78 is 11.7. The van der Waals surface area contributed by atoms with Gasteiger partial charge in [-0.3, -0.25) is 14.7 Å². The molecule has 1 aromatic heterocycles. The van der Waals surface area contributed by atoms with Gasteiger partial charge in [-0.05, 0) is 60.1 Å². The van der Waals surface area contributed by atoms with Crippen molar-refractivity contribution in [2.75, 3.05) is 19.8 Å². The van der Waals surface area contributed by atoms with E-state index in [1.807, 2.05) is 49.1 Å². The number of pyridine rings is 1. The average Bonchev–Trinajstić information content (AvgIpc) is 3.20. The van der Waals surface area contributed by atoms with Crippen molar-refractivity contribution >= 4 is 11.9 Å². The third-order valence-corrected chi connectivity index (χ3v) is 7.89. The van der Waals surface area contributed by atoms with Crippen molar-refractivity contribution in [2.24, 2.45) is 5.92 Å². The van der Waals surface area contributed by atoms with Crippen molar-refractivity contribution in [1.82, 2.24) is 9.88 Å². The van der Waals surface area contributed by atoms with Gasteiger partial charge in [-0.15, -0.1) is 0 Å². The number of amides is 1. The van der Waals surface area contributed by atoms with Crippen molar-refractivity contribution < 1.29 is 19.1 Å². The number of hydrogen-bond acceptors (Lipinski definition) is 5. The highest BCUT2D eigenvalue weighted by Crippen LogP contribution is 2.44. The van der Waals surface area contributed by atoms with Gasteiger partial charge in [0, 0.05) is 18.0 Å². The van der Waals surface area contributed by atoms with E-state index in [1.165, 1.54) is 22.3 Å². The van der Waals surface area contributed by atoms with Crippen LogP contribution in [0.3, 0.4) is 0 Å². The van der Waals surface area contributed by atoms with Gasteiger partial charge in [0.15, 0.2) is 5.78 Å². The Balaban J connectivity index is 1.17. The average molecular weight is 483 g/mol. The highest BCUT2D eigenvalue weighted by molar-refractivity contribution is 5.97. The van der Waals surface area contributed by atoms with Crippen LogP contribution in [0, 0.1) is 19.8 Å². The van der Waals surface area contributed by atoms with Crippen LogP contribution < -0.4 is 0 Å². The minimum absolute atomic E-state index is 0.0205. The molecule has 6 heteroatoms. The maximum absolute atomic E-state index is 13.4. The van der Waals surface area contributed by atoms with E-state index >= 15 is 0 Å². The number of aryl methyl sites for hydroxylation is 2. The van der Waals surface area contributed by atoms with Gasteiger partial charge in [-0.1, -0.05) is 54.6 Å². The second-order valence-electron chi connectivity index (χ2n) is 10.3. The van der Waals surface area contributed by atoms with E-state index in [2.05, 4.69) is 29.2 Å². The second-order valence-corrected chi connectivity index (χ2v) is 10.3. The zero-order chi connectivity index (χ0) is 24.8. The molecule has 36 heavy (non-hydrogen) atoms. The summed E-state index contributed by atoms with van der Waals surface area (Å²) in [5, 5.41) is 0. The van der Waals surface area contributed by atoms with E-state index in [-0.39, 0.29) is 35.8 Å². The van der Waals surface area contributed by atoms with E-state index in [1.54, 1.807) is 6.20 Å². The molecule has 1 amide bonds. The van der Waals surface area contributed by atoms with Crippen LogP contribution in [0.5, 0.6) is 0 Å². The number of benzene rings is 2. The minimum atomic E-state index is -0.314. The molecule has 3 aliphatic rings. The summed E-state index contributed by atoms with van der Waals surface area (Å²) >= 11 is 0. The van der Waals surface area contributed by atoms with Crippen LogP contribution in [-0.4, -0.2) is 53.7 Å². The van der Waals surface area contributed by atoms with Crippen LogP contribution in [0.25, 0.3) is 11.1 Å². The number of ketones is 1. The standard InChI is InChI=1S/C30H30N2O4/c1-18-11-19(2)28(31-14-18)29(33)20-12-21-15-35-16-22(13-20)32(21)30(34)36-17-27-25-9-5-3-7-23(25)24-8-4-6-10-26(24)27/h3-11,14,20-22,27H,12-13,15-17H2,1-2H3. The molecule has 2 atom stereocenters. The normalized spacial score (nSPS) is 22.6. The van der Waals surface area contributed by atoms with Crippen LogP contribution in [-0.2, 0) is 9.47 Å². The van der Waals surface area contributed by atoms with Gasteiger partial charge < -0.3 is 9.47 Å². The number of carbonyl (C=O) groups excluding carboxylic acids is 2. The number of Topliss-reactive ketones (excluding diaryl/α,β-unsaturated/α-hetero) is 1. The number of ether oxygens (including phenoxy) is 2. The molecule has 1 aliphatic carbocycles. The summed E-state index contributed by atoms with van der Waals surface area (Å²) in [6, 6.07) is 18.3. The molecular formula is C30H30N2O4. The summed E-state index contributed by atoms with van der Waals surface area (Å²) in [5.41, 5.74) is 7.29. The number of nitrogens with zero attached hydrogens (tertiary/aromatic N) is 2. The van der Waals surface area contributed by atoms with Crippen molar-refractivity contribution in [2.45, 2.75) is 44.7 Å². The molecule has 2 aliphatic heterocycles. The van der Waals surface area contributed by atoms with Gasteiger partial charge in [0.25, 0.3) is 0 Å². The largest absolute Gasteiger partial charge is 0.448 e. The molecule has 3 aromatic rings. The zero-order valence-corrected chi connectivity index (χ0v) is 20.6. The van der Waals surface area contributed by atoms with E-state index in [0.29, 0.717) is 38.4 Å². The zero-order valence-electron chi connectivity index (χ0n) is 20.6. The Bertz CT molecular complexity index is 1280. The molecule has 2 aromatic carbocycles. The van der Waals surface area contributed by atoms with E-state index < -0.39 is 0 Å². The lowest BCUT2D eigenvalue weighted by Gasteiger charge is -2.47. The maximum Gasteiger partial charge on any atom is 0.410 e. The number of fused-ring (bicyclic) bond motifs is 5. The number of rotatable bonds is 4. The number of morpholine rings is 1. The third kappa shape index (κ3) is 3.90. The second kappa shape index (κ2) is 9.17. The fraction of sp³-hybridized carbons (Fsp3) is 0.367. The Hall–Kier alpha value is -3.51. The summed E-state index contributed by atoms with van der Waals surface area (Å²) in [6.45, 7) is 5.04. The molecule has 6 nitrogen and oxygen atoms in total. The van der Waals surface area contributed by atoms with Crippen molar-refractivity contribution in [3.8, 4) is 11.1 Å². The molecule has 6 rings (SSSR count). The first-order chi connectivity index (χ1) is 17.5. The van der Waals surface area contributed by atoms with Gasteiger partial charge in [-0.2, -0.15) is 0 Å². The van der Waals surface area contributed by atoms with Crippen molar-refractivity contribution in [3.05, 3.63) is 88.7 Å². The topological polar surface area (TPSA) is 68.7 Å². The molecule has 2 fully saturated rings. The molecule has 2 unspecified atom stereocenters. The van der Waals surface area contributed by atoms with Crippen LogP contribution in [0.1, 0.15) is 51.5 Å². The molecule has 184 valence electrons. The first-order valence-electron chi connectivity index (χ1n) is 12.7. The highest BCUT2D eigenvalue weighted by Gasteiger charge is 2.45. The summed E-state index contributed by atoms with van der Waals surface area (Å²) in [5.74, 6) is -0.0841. The molecule has 2 bridgehead atoms. The summed E-state index contributed by atoms with van der Waals surface area (Å²) in [4.78, 5) is 33.0. The predicted molar refractivity (Wildman–Crippen MR) is 136 cm³/mol. The van der Waals surface area contributed by atoms with Crippen LogP contribution in [0.2, 0.25) is 0 Å². The lowest BCUT2D eigenvalue weighted by atomic mass is 9.81. The third-order valence-electron chi connectivity index (χ3n) is 7.89. The van der Waals surface area contributed by atoms with Gasteiger partial charge >= 0.3 is 6.09 Å². The Morgan fingerprint density at radius 3 is 2.19 bits per heavy atom. The van der Waals surface area contributed by atoms with Gasteiger partial charge in [0.1, 0.15) is 12.3 Å². The van der Waals surface area contributed by atoms with Crippen molar-refractivity contribution in [1.29, 1.82) is 0 Å². The van der Waals surface area contributed by atoms with Crippen LogP contribution in [0.15, 0.2) is 60.8 Å². The highest BCUT2D eigenvalue weighted by atomic mass is 16.6. The lowest BCUT2D eigenvalue weighted by molar-refractivity contribution is -0.0748. The number of hydrogen-bond donors (Lipinski definition) is 0. The monoisotopic (exact) mass is 482 g/mol. The molecule has 0 N–H and O–H groups in total. The van der Waals surface area contributed by atoms with E-state index in [9.17, 15) is 9.59 Å². The number of piperidine rings is 1. The van der Waals surface area contributed by atoms with Gasteiger partial charge in [-0.25, -0.2) is 4.79 Å². The fourth-order valence-electron chi connectivity index (χ4n) is 6.26. The SMILES string of the molecule is Cc1cnc(C(=O)C2CC3COCC(C2)N3C(=O)OCC2c3ccccc3-c3ccccc32)c(C)c1. The van der Waals surface area contributed by atoms with E-state index in [0.717, 1.165) is 11.1 Å². The molecule has 0 radical (unpaired) electrons. The van der Waals surface area contributed by atoms with Crippen molar-refractivity contribution in [3.63, 3.8) is 0 Å². The molecule has 0 spiro atoms. The minimum Gasteiger partial charge on any atom is -0.448 e. The fourth-order valence-corrected chi connectivity index (χ4v) is 6.26. The summed E-state index contributed by atoms with van der Waals surface area (Å²) in [7, 11) is 0. The first-order valence-corrected chi connectivity index (χ1v) is 12.7. The van der Waals surface area contributed by atoms with E-state index in [4.69, 9.17) is 9.47 Å². The Morgan fingerprint density at radius 1 is 0.972 bits per heavy atom. The molecule has 0 saturated carbocycles. The summed E-state index contributed by atoms with van der Waals surface area (Å²) in [6.07, 6.45) is 2.56.